The lowest BCUT2D eigenvalue weighted by Crippen LogP contribution is -2.02. The molecular weight excluding hydrogens is 585 g/mol. The monoisotopic (exact) mass is 610 g/mol. The van der Waals surface area contributed by atoms with Crippen LogP contribution >= 0.6 is 0 Å². The smallest absolute Gasteiger partial charge is 0.165 e. The number of fused-ring (bicyclic) bond motifs is 12. The van der Waals surface area contributed by atoms with Crippen molar-refractivity contribution < 1.29 is 0 Å². The molecule has 0 N–H and O–H groups in total. The number of aromatic nitrogens is 4. The molecule has 3 aromatic heterocycles. The van der Waals surface area contributed by atoms with Crippen LogP contribution in [0.2, 0.25) is 0 Å². The van der Waals surface area contributed by atoms with Gasteiger partial charge >= 0.3 is 0 Å². The molecule has 0 saturated heterocycles. The molecule has 0 atom stereocenters. The molecule has 0 unspecified atom stereocenters. The number of hydrogen-bond acceptors (Lipinski definition) is 2. The van der Waals surface area contributed by atoms with Crippen molar-refractivity contribution in [2.24, 2.45) is 0 Å². The summed E-state index contributed by atoms with van der Waals surface area (Å²) in [6.07, 6.45) is 0. The van der Waals surface area contributed by atoms with Crippen LogP contribution in [-0.2, 0) is 0 Å². The van der Waals surface area contributed by atoms with Crippen LogP contribution in [0.25, 0.3) is 99.7 Å². The average molecular weight is 611 g/mol. The summed E-state index contributed by atoms with van der Waals surface area (Å²) in [6, 6.07) is 56.5. The van der Waals surface area contributed by atoms with Crippen molar-refractivity contribution in [1.29, 1.82) is 0 Å². The predicted molar refractivity (Wildman–Crippen MR) is 198 cm³/mol. The van der Waals surface area contributed by atoms with E-state index in [4.69, 9.17) is 9.97 Å². The van der Waals surface area contributed by atoms with E-state index in [2.05, 4.69) is 155 Å². The second kappa shape index (κ2) is 9.50. The highest BCUT2D eigenvalue weighted by molar-refractivity contribution is 6.17. The third-order valence-electron chi connectivity index (χ3n) is 10.0. The highest BCUT2D eigenvalue weighted by Gasteiger charge is 2.27. The van der Waals surface area contributed by atoms with E-state index in [1.165, 1.54) is 60.3 Å². The summed E-state index contributed by atoms with van der Waals surface area (Å²) in [5, 5.41) is 4.91. The van der Waals surface area contributed by atoms with Crippen LogP contribution in [-0.4, -0.2) is 19.1 Å². The summed E-state index contributed by atoms with van der Waals surface area (Å²) in [7, 11) is 0. The first-order valence-electron chi connectivity index (χ1n) is 16.3. The molecule has 0 bridgehead atoms. The average Bonchev–Trinajstić information content (AvgIpc) is 3.63. The van der Waals surface area contributed by atoms with Gasteiger partial charge in [0.05, 0.1) is 33.1 Å². The Bertz CT molecular complexity index is 2950. The lowest BCUT2D eigenvalue weighted by Gasteiger charge is -2.12. The van der Waals surface area contributed by atoms with Crippen molar-refractivity contribution in [2.45, 2.75) is 0 Å². The Kier molecular flexibility index (Phi) is 5.08. The third-order valence-corrected chi connectivity index (χ3v) is 10.0. The van der Waals surface area contributed by atoms with Gasteiger partial charge in [0.1, 0.15) is 5.69 Å². The van der Waals surface area contributed by atoms with Crippen LogP contribution in [0.3, 0.4) is 0 Å². The van der Waals surface area contributed by atoms with Gasteiger partial charge in [-0.25, -0.2) is 9.97 Å². The predicted octanol–water partition coefficient (Wildman–Crippen LogP) is 11.1. The Morgan fingerprint density at radius 1 is 0.375 bits per heavy atom. The fourth-order valence-electron chi connectivity index (χ4n) is 7.94. The Hall–Kier alpha value is -6.52. The normalized spacial score (nSPS) is 12.2. The maximum absolute atomic E-state index is 5.33. The molecule has 11 rings (SSSR count). The van der Waals surface area contributed by atoms with Gasteiger partial charge in [0, 0.05) is 38.4 Å². The molecule has 0 saturated carbocycles. The number of benzene rings is 7. The molecule has 7 aromatic carbocycles. The molecule has 222 valence electrons. The summed E-state index contributed by atoms with van der Waals surface area (Å²) in [4.78, 5) is 10.6. The van der Waals surface area contributed by atoms with Crippen LogP contribution in [0.15, 0.2) is 158 Å². The highest BCUT2D eigenvalue weighted by atomic mass is 15.1. The van der Waals surface area contributed by atoms with Gasteiger partial charge in [0.25, 0.3) is 0 Å². The van der Waals surface area contributed by atoms with E-state index in [-0.39, 0.29) is 0 Å². The molecule has 4 heteroatoms. The Balaban J connectivity index is 1.21. The van der Waals surface area contributed by atoms with Crippen LogP contribution in [0, 0.1) is 0 Å². The number of nitrogens with zero attached hydrogens (tertiary/aromatic N) is 4. The topological polar surface area (TPSA) is 35.6 Å². The fraction of sp³-hybridized carbons (Fsp3) is 0. The van der Waals surface area contributed by atoms with Gasteiger partial charge in [-0.3, -0.25) is 4.57 Å². The second-order valence-electron chi connectivity index (χ2n) is 12.6. The maximum Gasteiger partial charge on any atom is 0.165 e. The molecular formula is C44H26N4. The standard InChI is InChI=1S/C44H26N4/c1-2-11-29(12-3-1)47-39-20-9-6-14-31(39)36-25-27(22-24-40(36)47)28-21-23-32-35-17-10-16-34-30-13-4-5-15-33(30)42-44(48(43(34)35)41(32)26-28)46-38-19-8-7-18-37(38)45-42/h1-26H. The van der Waals surface area contributed by atoms with Crippen molar-refractivity contribution in [2.75, 3.05) is 0 Å². The summed E-state index contributed by atoms with van der Waals surface area (Å²) >= 11 is 0. The van der Waals surface area contributed by atoms with Crippen LogP contribution < -0.4 is 0 Å². The summed E-state index contributed by atoms with van der Waals surface area (Å²) < 4.78 is 4.72. The zero-order valence-corrected chi connectivity index (χ0v) is 25.8. The van der Waals surface area contributed by atoms with E-state index in [1.807, 2.05) is 12.1 Å². The van der Waals surface area contributed by atoms with Gasteiger partial charge in [-0.05, 0) is 65.2 Å². The van der Waals surface area contributed by atoms with Gasteiger partial charge in [0.2, 0.25) is 0 Å². The Morgan fingerprint density at radius 3 is 1.92 bits per heavy atom. The van der Waals surface area contributed by atoms with Crippen LogP contribution in [0.1, 0.15) is 0 Å². The molecule has 0 aliphatic carbocycles. The fourth-order valence-corrected chi connectivity index (χ4v) is 7.94. The molecule has 0 radical (unpaired) electrons. The van der Waals surface area contributed by atoms with Gasteiger partial charge in [-0.15, -0.1) is 0 Å². The Morgan fingerprint density at radius 2 is 1.02 bits per heavy atom. The molecule has 1 aliphatic rings. The molecule has 1 aliphatic heterocycles. The molecule has 0 amide bonds. The maximum atomic E-state index is 5.33. The second-order valence-corrected chi connectivity index (χ2v) is 12.6. The first-order chi connectivity index (χ1) is 23.8. The van der Waals surface area contributed by atoms with Gasteiger partial charge < -0.3 is 4.57 Å². The summed E-state index contributed by atoms with van der Waals surface area (Å²) in [5.74, 6) is 0.865. The van der Waals surface area contributed by atoms with Crippen molar-refractivity contribution >= 4 is 54.6 Å². The molecule has 48 heavy (non-hydrogen) atoms. The number of rotatable bonds is 2. The quantitative estimate of drug-likeness (QED) is 0.195. The Labute approximate surface area is 275 Å². The first-order valence-corrected chi connectivity index (χ1v) is 16.3. The highest BCUT2D eigenvalue weighted by Crippen LogP contribution is 2.46. The van der Waals surface area contributed by atoms with Gasteiger partial charge in [0.15, 0.2) is 5.82 Å². The largest absolute Gasteiger partial charge is 0.309 e. The number of hydrogen-bond donors (Lipinski definition) is 0. The zero-order valence-electron chi connectivity index (χ0n) is 25.8. The van der Waals surface area contributed by atoms with Crippen molar-refractivity contribution in [3.05, 3.63) is 158 Å². The molecule has 4 heterocycles. The minimum Gasteiger partial charge on any atom is -0.309 e. The van der Waals surface area contributed by atoms with E-state index in [0.717, 1.165) is 39.3 Å². The van der Waals surface area contributed by atoms with Crippen LogP contribution in [0.4, 0.5) is 0 Å². The van der Waals surface area contributed by atoms with Crippen LogP contribution in [0.5, 0.6) is 0 Å². The molecule has 4 nitrogen and oxygen atoms in total. The van der Waals surface area contributed by atoms with Crippen molar-refractivity contribution in [1.82, 2.24) is 19.1 Å². The van der Waals surface area contributed by atoms with E-state index in [9.17, 15) is 0 Å². The molecule has 0 fully saturated rings. The molecule has 0 spiro atoms. The number of para-hydroxylation sites is 5. The van der Waals surface area contributed by atoms with E-state index in [0.29, 0.717) is 0 Å². The molecule has 10 aromatic rings. The van der Waals surface area contributed by atoms with E-state index in [1.54, 1.807) is 0 Å². The zero-order chi connectivity index (χ0) is 31.3. The first kappa shape index (κ1) is 25.6. The lowest BCUT2D eigenvalue weighted by atomic mass is 9.96. The SMILES string of the molecule is c1ccc(-n2c3ccccc3c3cc(-c4ccc5c6cccc7c6n(c5c4)-c4nc5ccccc5nc4-c4ccccc4-7)ccc32)cc1. The minimum absolute atomic E-state index is 0.865. The third kappa shape index (κ3) is 3.43. The van der Waals surface area contributed by atoms with E-state index < -0.39 is 0 Å². The van der Waals surface area contributed by atoms with Crippen molar-refractivity contribution in [3.63, 3.8) is 0 Å². The lowest BCUT2D eigenvalue weighted by molar-refractivity contribution is 1.09. The van der Waals surface area contributed by atoms with Gasteiger partial charge in [-0.1, -0.05) is 109 Å². The summed E-state index contributed by atoms with van der Waals surface area (Å²) in [5.41, 5.74) is 14.4. The van der Waals surface area contributed by atoms with Gasteiger partial charge in [-0.2, -0.15) is 0 Å². The van der Waals surface area contributed by atoms with E-state index >= 15 is 0 Å². The minimum atomic E-state index is 0.865. The van der Waals surface area contributed by atoms with Crippen molar-refractivity contribution in [3.8, 4) is 45.0 Å². The summed E-state index contributed by atoms with van der Waals surface area (Å²) in [6.45, 7) is 0.